The summed E-state index contributed by atoms with van der Waals surface area (Å²) in [6.07, 6.45) is 0. The van der Waals surface area contributed by atoms with E-state index in [9.17, 15) is 19.2 Å². The standard InChI is InChI=1S/C13H24N4O5S2/c1-6(2)10(13(21)22)17-12(20)8(5-24)16-9(18)3-15-11(19)7(14)4-23/h6-8,10,23-24H,3-5,14H2,1-2H3,(H,15,19)(H,16,18)(H,17,20)(H,21,22). The number of carboxylic acid groups (broad SMARTS) is 1. The zero-order valence-electron chi connectivity index (χ0n) is 13.5. The van der Waals surface area contributed by atoms with Gasteiger partial charge in [0.05, 0.1) is 12.6 Å². The Balaban J connectivity index is 4.58. The largest absolute Gasteiger partial charge is 0.480 e. The van der Waals surface area contributed by atoms with Crippen LogP contribution >= 0.6 is 25.3 Å². The van der Waals surface area contributed by atoms with Crippen LogP contribution in [0, 0.1) is 5.92 Å². The number of hydrogen-bond acceptors (Lipinski definition) is 7. The molecule has 9 nitrogen and oxygen atoms in total. The molecule has 0 fully saturated rings. The molecule has 0 radical (unpaired) electrons. The Morgan fingerprint density at radius 2 is 1.62 bits per heavy atom. The summed E-state index contributed by atoms with van der Waals surface area (Å²) in [6.45, 7) is 2.92. The van der Waals surface area contributed by atoms with Gasteiger partial charge in [-0.15, -0.1) is 0 Å². The fourth-order valence-corrected chi connectivity index (χ4v) is 2.01. The highest BCUT2D eigenvalue weighted by atomic mass is 32.1. The maximum absolute atomic E-state index is 12.1. The zero-order valence-corrected chi connectivity index (χ0v) is 15.3. The molecule has 11 heteroatoms. The number of thiol groups is 2. The van der Waals surface area contributed by atoms with Gasteiger partial charge in [0.1, 0.15) is 12.1 Å². The first-order valence-electron chi connectivity index (χ1n) is 7.21. The van der Waals surface area contributed by atoms with E-state index in [2.05, 4.69) is 41.2 Å². The SMILES string of the molecule is CC(C)C(NC(=O)C(CS)NC(=O)CNC(=O)C(N)CS)C(=O)O. The van der Waals surface area contributed by atoms with Crippen LogP contribution in [0.2, 0.25) is 0 Å². The van der Waals surface area contributed by atoms with Crippen molar-refractivity contribution in [3.05, 3.63) is 0 Å². The molecule has 138 valence electrons. The third-order valence-corrected chi connectivity index (χ3v) is 3.78. The zero-order chi connectivity index (χ0) is 18.9. The summed E-state index contributed by atoms with van der Waals surface area (Å²) in [4.78, 5) is 46.4. The molecule has 0 rings (SSSR count). The normalized spacial score (nSPS) is 14.4. The quantitative estimate of drug-likeness (QED) is 0.218. The van der Waals surface area contributed by atoms with Gasteiger partial charge >= 0.3 is 5.97 Å². The van der Waals surface area contributed by atoms with E-state index in [0.29, 0.717) is 0 Å². The van der Waals surface area contributed by atoms with E-state index in [0.717, 1.165) is 0 Å². The number of carbonyl (C=O) groups excluding carboxylic acids is 3. The highest BCUT2D eigenvalue weighted by molar-refractivity contribution is 7.80. The maximum Gasteiger partial charge on any atom is 0.326 e. The molecule has 0 aromatic heterocycles. The number of carbonyl (C=O) groups is 4. The van der Waals surface area contributed by atoms with Gasteiger partial charge in [-0.05, 0) is 5.92 Å². The second-order valence-electron chi connectivity index (χ2n) is 5.38. The topological polar surface area (TPSA) is 151 Å². The van der Waals surface area contributed by atoms with E-state index in [1.165, 1.54) is 0 Å². The van der Waals surface area contributed by atoms with Gasteiger partial charge in [-0.3, -0.25) is 14.4 Å². The molecule has 3 atom stereocenters. The Labute approximate surface area is 151 Å². The summed E-state index contributed by atoms with van der Waals surface area (Å²) in [6, 6.07) is -2.95. The Bertz CT molecular complexity index is 475. The number of amides is 3. The van der Waals surface area contributed by atoms with Gasteiger partial charge < -0.3 is 26.8 Å². The van der Waals surface area contributed by atoms with Crippen molar-refractivity contribution in [1.82, 2.24) is 16.0 Å². The van der Waals surface area contributed by atoms with Gasteiger partial charge in [0.15, 0.2) is 0 Å². The van der Waals surface area contributed by atoms with Crippen LogP contribution < -0.4 is 21.7 Å². The first-order valence-corrected chi connectivity index (χ1v) is 8.48. The number of rotatable bonds is 10. The summed E-state index contributed by atoms with van der Waals surface area (Å²) in [5.41, 5.74) is 5.44. The molecule has 0 aromatic carbocycles. The van der Waals surface area contributed by atoms with E-state index in [-0.39, 0.29) is 24.0 Å². The lowest BCUT2D eigenvalue weighted by molar-refractivity contribution is -0.143. The van der Waals surface area contributed by atoms with E-state index in [4.69, 9.17) is 10.8 Å². The highest BCUT2D eigenvalue weighted by Crippen LogP contribution is 2.02. The number of hydrogen-bond donors (Lipinski definition) is 7. The van der Waals surface area contributed by atoms with Crippen molar-refractivity contribution in [3.8, 4) is 0 Å². The van der Waals surface area contributed by atoms with E-state index in [1.807, 2.05) is 0 Å². The lowest BCUT2D eigenvalue weighted by Gasteiger charge is -2.22. The predicted molar refractivity (Wildman–Crippen MR) is 95.0 cm³/mol. The summed E-state index contributed by atoms with van der Waals surface area (Å²) < 4.78 is 0. The lowest BCUT2D eigenvalue weighted by Crippen LogP contribution is -2.55. The van der Waals surface area contributed by atoms with Crippen LogP contribution in [-0.2, 0) is 19.2 Å². The third kappa shape index (κ3) is 7.88. The fourth-order valence-electron chi connectivity index (χ4n) is 1.59. The van der Waals surface area contributed by atoms with Gasteiger partial charge in [-0.2, -0.15) is 25.3 Å². The Morgan fingerprint density at radius 3 is 2.04 bits per heavy atom. The molecule has 0 spiro atoms. The number of aliphatic carboxylic acids is 1. The minimum atomic E-state index is -1.17. The smallest absolute Gasteiger partial charge is 0.326 e. The minimum Gasteiger partial charge on any atom is -0.480 e. The van der Waals surface area contributed by atoms with Crippen molar-refractivity contribution in [2.45, 2.75) is 32.0 Å². The van der Waals surface area contributed by atoms with E-state index < -0.39 is 41.8 Å². The summed E-state index contributed by atoms with van der Waals surface area (Å²) in [5, 5.41) is 16.1. The number of nitrogens with one attached hydrogen (secondary N) is 3. The molecule has 6 N–H and O–H groups in total. The summed E-state index contributed by atoms with van der Waals surface area (Å²) in [7, 11) is 0. The van der Waals surface area contributed by atoms with Crippen molar-refractivity contribution in [3.63, 3.8) is 0 Å². The minimum absolute atomic E-state index is 0.0356. The van der Waals surface area contributed by atoms with Crippen molar-refractivity contribution < 1.29 is 24.3 Å². The average molecular weight is 380 g/mol. The Kier molecular flexibility index (Phi) is 10.5. The molecule has 0 saturated heterocycles. The van der Waals surface area contributed by atoms with E-state index in [1.54, 1.807) is 13.8 Å². The summed E-state index contributed by atoms with van der Waals surface area (Å²) >= 11 is 7.84. The molecule has 0 saturated carbocycles. The first-order chi connectivity index (χ1) is 11.1. The van der Waals surface area contributed by atoms with Crippen molar-refractivity contribution in [2.24, 2.45) is 11.7 Å². The fraction of sp³-hybridized carbons (Fsp3) is 0.692. The molecule has 0 bridgehead atoms. The molecule has 0 aliphatic heterocycles. The van der Waals surface area contributed by atoms with E-state index >= 15 is 0 Å². The summed E-state index contributed by atoms with van der Waals surface area (Å²) in [5.74, 6) is -3.25. The molecule has 3 amide bonds. The monoisotopic (exact) mass is 380 g/mol. The third-order valence-electron chi connectivity index (χ3n) is 3.02. The van der Waals surface area contributed by atoms with Crippen LogP contribution in [0.1, 0.15) is 13.8 Å². The highest BCUT2D eigenvalue weighted by Gasteiger charge is 2.27. The second kappa shape index (κ2) is 11.2. The molecule has 24 heavy (non-hydrogen) atoms. The van der Waals surface area contributed by atoms with Crippen LogP contribution in [0.3, 0.4) is 0 Å². The van der Waals surface area contributed by atoms with Gasteiger partial charge in [0, 0.05) is 11.5 Å². The number of nitrogens with two attached hydrogens (primary N) is 1. The van der Waals surface area contributed by atoms with Crippen LogP contribution in [0.4, 0.5) is 0 Å². The number of carboxylic acids is 1. The van der Waals surface area contributed by atoms with Gasteiger partial charge in [0.25, 0.3) is 0 Å². The van der Waals surface area contributed by atoms with Gasteiger partial charge in [-0.1, -0.05) is 13.8 Å². The molecule has 0 heterocycles. The molecular formula is C13H24N4O5S2. The average Bonchev–Trinajstić information content (AvgIpc) is 2.53. The van der Waals surface area contributed by atoms with Crippen LogP contribution in [0.15, 0.2) is 0 Å². The molecular weight excluding hydrogens is 356 g/mol. The van der Waals surface area contributed by atoms with Crippen LogP contribution in [-0.4, -0.2) is 65.0 Å². The van der Waals surface area contributed by atoms with Crippen molar-refractivity contribution in [2.75, 3.05) is 18.1 Å². The second-order valence-corrected chi connectivity index (χ2v) is 6.11. The van der Waals surface area contributed by atoms with Crippen LogP contribution in [0.5, 0.6) is 0 Å². The lowest BCUT2D eigenvalue weighted by atomic mass is 10.0. The van der Waals surface area contributed by atoms with Gasteiger partial charge in [-0.25, -0.2) is 4.79 Å². The maximum atomic E-state index is 12.1. The Morgan fingerprint density at radius 1 is 1.04 bits per heavy atom. The first kappa shape index (κ1) is 22.5. The molecule has 0 aromatic rings. The molecule has 0 aliphatic carbocycles. The van der Waals surface area contributed by atoms with Crippen LogP contribution in [0.25, 0.3) is 0 Å². The van der Waals surface area contributed by atoms with Crippen molar-refractivity contribution >= 4 is 48.9 Å². The molecule has 0 aliphatic rings. The Hall–Kier alpha value is -1.46. The van der Waals surface area contributed by atoms with Gasteiger partial charge in [0.2, 0.25) is 17.7 Å². The predicted octanol–water partition coefficient (Wildman–Crippen LogP) is -2.00. The molecule has 3 unspecified atom stereocenters. The van der Waals surface area contributed by atoms with Crippen molar-refractivity contribution in [1.29, 1.82) is 0 Å².